The first-order valence-corrected chi connectivity index (χ1v) is 11.8. The minimum atomic E-state index is -4.18. The Kier molecular flexibility index (Phi) is 4.91. The number of hydrogen-bond acceptors (Lipinski definition) is 6. The second-order valence-corrected chi connectivity index (χ2v) is 10.6. The van der Waals surface area contributed by atoms with E-state index < -0.39 is 25.6 Å². The fourth-order valence-electron chi connectivity index (χ4n) is 2.59. The Balaban J connectivity index is 2.09. The Morgan fingerprint density at radius 3 is 2.44 bits per heavy atom. The summed E-state index contributed by atoms with van der Waals surface area (Å²) in [5.41, 5.74) is 0.687. The molecule has 0 saturated heterocycles. The summed E-state index contributed by atoms with van der Waals surface area (Å²) in [7, 11) is -7.61. The van der Waals surface area contributed by atoms with Gasteiger partial charge in [0.05, 0.1) is 10.4 Å². The van der Waals surface area contributed by atoms with E-state index >= 15 is 0 Å². The lowest BCUT2D eigenvalue weighted by atomic mass is 10.2. The van der Waals surface area contributed by atoms with Crippen LogP contribution in [0.3, 0.4) is 0 Å². The van der Waals surface area contributed by atoms with Crippen molar-refractivity contribution in [1.82, 2.24) is 4.98 Å². The fraction of sp³-hybridized carbons (Fsp3) is 0.133. The number of hydrogen-bond donors (Lipinski definition) is 2. The normalized spacial score (nSPS) is 12.4. The molecule has 0 aliphatic carbocycles. The summed E-state index contributed by atoms with van der Waals surface area (Å²) in [6.45, 7) is 1.55. The molecule has 8 nitrogen and oxygen atoms in total. The molecule has 0 spiro atoms. The first-order valence-electron chi connectivity index (χ1n) is 7.24. The summed E-state index contributed by atoms with van der Waals surface area (Å²) < 4.78 is 56.3. The quantitative estimate of drug-likeness (QED) is 0.573. The number of H-pyrrole nitrogens is 1. The van der Waals surface area contributed by atoms with E-state index in [1.54, 1.807) is 6.92 Å². The number of sulfone groups is 1. The molecule has 3 aromatic rings. The van der Waals surface area contributed by atoms with Crippen molar-refractivity contribution in [3.63, 3.8) is 0 Å². The highest BCUT2D eigenvalue weighted by atomic mass is 79.9. The van der Waals surface area contributed by atoms with E-state index in [4.69, 9.17) is 16.0 Å². The van der Waals surface area contributed by atoms with Crippen molar-refractivity contribution < 1.29 is 21.3 Å². The number of halogens is 2. The largest absolute Gasteiger partial charge is 0.417 e. The highest BCUT2D eigenvalue weighted by Crippen LogP contribution is 2.36. The number of aryl methyl sites for hydroxylation is 1. The SMILES string of the molecule is Cc1cc(NS(=O)(=O)c2c(Br)cc3[nH]c(=O)oc3c2Cl)ccc1S(C)(=O)=O. The van der Waals surface area contributed by atoms with Gasteiger partial charge in [-0.15, -0.1) is 0 Å². The Hall–Kier alpha value is -1.82. The molecule has 2 N–H and O–H groups in total. The van der Waals surface area contributed by atoms with Gasteiger partial charge in [0.2, 0.25) is 0 Å². The molecule has 0 atom stereocenters. The maximum absolute atomic E-state index is 12.8. The third-order valence-electron chi connectivity index (χ3n) is 3.66. The minimum absolute atomic E-state index is 0.0890. The minimum Gasteiger partial charge on any atom is -0.406 e. The van der Waals surface area contributed by atoms with Gasteiger partial charge in [-0.1, -0.05) is 11.6 Å². The second-order valence-electron chi connectivity index (χ2n) is 5.75. The van der Waals surface area contributed by atoms with Crippen LogP contribution in [-0.2, 0) is 19.9 Å². The van der Waals surface area contributed by atoms with Crippen molar-refractivity contribution >= 4 is 64.2 Å². The zero-order valence-corrected chi connectivity index (χ0v) is 17.8. The number of benzene rings is 2. The Morgan fingerprint density at radius 2 is 1.85 bits per heavy atom. The number of nitrogens with one attached hydrogen (secondary N) is 2. The van der Waals surface area contributed by atoms with Gasteiger partial charge >= 0.3 is 5.76 Å². The zero-order valence-electron chi connectivity index (χ0n) is 13.8. The zero-order chi connectivity index (χ0) is 20.1. The Labute approximate surface area is 167 Å². The third kappa shape index (κ3) is 3.77. The number of oxazole rings is 1. The average Bonchev–Trinajstić information content (AvgIpc) is 2.85. The summed E-state index contributed by atoms with van der Waals surface area (Å²) in [6, 6.07) is 5.40. The molecule has 12 heteroatoms. The number of sulfonamides is 1. The monoisotopic (exact) mass is 494 g/mol. The molecule has 0 amide bonds. The van der Waals surface area contributed by atoms with E-state index in [0.717, 1.165) is 6.26 Å². The summed E-state index contributed by atoms with van der Waals surface area (Å²) in [6.07, 6.45) is 1.07. The van der Waals surface area contributed by atoms with Crippen molar-refractivity contribution in [2.75, 3.05) is 11.0 Å². The van der Waals surface area contributed by atoms with Gasteiger partial charge in [0.1, 0.15) is 9.92 Å². The Bertz CT molecular complexity index is 1340. The first-order chi connectivity index (χ1) is 12.4. The standard InChI is InChI=1S/C15H12BrClN2O6S2/c1-7-5-8(3-4-11(7)26(2,21)22)19-27(23,24)14-9(16)6-10-13(12(14)17)25-15(20)18-10/h3-6,19H,1-2H3,(H,18,20). The average molecular weight is 496 g/mol. The molecular formula is C15H12BrClN2O6S2. The van der Waals surface area contributed by atoms with Crippen molar-refractivity contribution in [2.45, 2.75) is 16.7 Å². The van der Waals surface area contributed by atoms with Crippen LogP contribution in [0.15, 0.2) is 47.7 Å². The van der Waals surface area contributed by atoms with Crippen LogP contribution < -0.4 is 10.5 Å². The lowest BCUT2D eigenvalue weighted by molar-refractivity contribution is 0.554. The van der Waals surface area contributed by atoms with Crippen LogP contribution in [0.5, 0.6) is 0 Å². The van der Waals surface area contributed by atoms with Crippen LogP contribution in [-0.4, -0.2) is 28.1 Å². The van der Waals surface area contributed by atoms with Gasteiger partial charge in [0, 0.05) is 16.4 Å². The molecule has 3 rings (SSSR count). The number of aromatic amines is 1. The van der Waals surface area contributed by atoms with Gasteiger partial charge in [-0.2, -0.15) is 0 Å². The maximum Gasteiger partial charge on any atom is 0.417 e. The molecule has 0 bridgehead atoms. The molecule has 144 valence electrons. The Morgan fingerprint density at radius 1 is 1.19 bits per heavy atom. The van der Waals surface area contributed by atoms with Crippen molar-refractivity contribution in [1.29, 1.82) is 0 Å². The molecule has 0 fully saturated rings. The van der Waals surface area contributed by atoms with Crippen LogP contribution >= 0.6 is 27.5 Å². The van der Waals surface area contributed by atoms with E-state index in [2.05, 4.69) is 25.6 Å². The van der Waals surface area contributed by atoms with E-state index in [0.29, 0.717) is 5.56 Å². The molecule has 2 aromatic carbocycles. The van der Waals surface area contributed by atoms with Gasteiger partial charge in [-0.05, 0) is 52.7 Å². The van der Waals surface area contributed by atoms with Crippen LogP contribution in [0.2, 0.25) is 5.02 Å². The number of aromatic nitrogens is 1. The molecule has 0 saturated carbocycles. The van der Waals surface area contributed by atoms with Gasteiger partial charge < -0.3 is 4.42 Å². The summed E-state index contributed by atoms with van der Waals surface area (Å²) in [4.78, 5) is 13.5. The predicted molar refractivity (Wildman–Crippen MR) is 105 cm³/mol. The van der Waals surface area contributed by atoms with Crippen LogP contribution in [0, 0.1) is 6.92 Å². The van der Waals surface area contributed by atoms with Crippen molar-refractivity contribution in [2.24, 2.45) is 0 Å². The van der Waals surface area contributed by atoms with Crippen molar-refractivity contribution in [3.8, 4) is 0 Å². The molecule has 1 heterocycles. The highest BCUT2D eigenvalue weighted by Gasteiger charge is 2.26. The number of fused-ring (bicyclic) bond motifs is 1. The number of anilines is 1. The topological polar surface area (TPSA) is 126 Å². The predicted octanol–water partition coefficient (Wildman–Crippen LogP) is 3.05. The first kappa shape index (κ1) is 19.9. The molecular weight excluding hydrogens is 484 g/mol. The van der Waals surface area contributed by atoms with Crippen LogP contribution in [0.25, 0.3) is 11.1 Å². The van der Waals surface area contributed by atoms with Crippen molar-refractivity contribution in [3.05, 3.63) is 49.9 Å². The molecule has 0 aliphatic heterocycles. The number of rotatable bonds is 4. The van der Waals surface area contributed by atoms with Gasteiger partial charge in [-0.25, -0.2) is 21.6 Å². The van der Waals surface area contributed by atoms with E-state index in [9.17, 15) is 21.6 Å². The van der Waals surface area contributed by atoms with Gasteiger partial charge in [0.25, 0.3) is 10.0 Å². The van der Waals surface area contributed by atoms with Gasteiger partial charge in [0.15, 0.2) is 15.4 Å². The fourth-order valence-corrected chi connectivity index (χ4v) is 6.46. The lowest BCUT2D eigenvalue weighted by Crippen LogP contribution is -2.14. The second kappa shape index (κ2) is 6.66. The van der Waals surface area contributed by atoms with Crippen LogP contribution in [0.1, 0.15) is 5.56 Å². The smallest absolute Gasteiger partial charge is 0.406 e. The van der Waals surface area contributed by atoms with Gasteiger partial charge in [-0.3, -0.25) is 9.71 Å². The molecule has 0 aliphatic rings. The van der Waals surface area contributed by atoms with Crippen LogP contribution in [0.4, 0.5) is 5.69 Å². The molecule has 1 aromatic heterocycles. The molecule has 0 radical (unpaired) electrons. The molecule has 27 heavy (non-hydrogen) atoms. The highest BCUT2D eigenvalue weighted by molar-refractivity contribution is 9.10. The summed E-state index contributed by atoms with van der Waals surface area (Å²) in [5.74, 6) is -0.770. The maximum atomic E-state index is 12.8. The third-order valence-corrected chi connectivity index (χ3v) is 7.74. The molecule has 0 unspecified atom stereocenters. The van der Waals surface area contributed by atoms with E-state index in [1.165, 1.54) is 24.3 Å². The van der Waals surface area contributed by atoms with E-state index in [1.807, 2.05) is 0 Å². The summed E-state index contributed by atoms with van der Waals surface area (Å²) >= 11 is 9.28. The van der Waals surface area contributed by atoms with E-state index in [-0.39, 0.29) is 36.1 Å². The lowest BCUT2D eigenvalue weighted by Gasteiger charge is -2.13. The summed E-state index contributed by atoms with van der Waals surface area (Å²) in [5, 5.41) is -0.269.